The highest BCUT2D eigenvalue weighted by Gasteiger charge is 2.28. The van der Waals surface area contributed by atoms with Crippen LogP contribution in [-0.2, 0) is 0 Å². The summed E-state index contributed by atoms with van der Waals surface area (Å²) in [6, 6.07) is 0.738. The minimum Gasteiger partial charge on any atom is -0.307 e. The van der Waals surface area contributed by atoms with E-state index in [1.54, 1.807) is 0 Å². The van der Waals surface area contributed by atoms with Crippen molar-refractivity contribution in [3.8, 4) is 0 Å². The molecule has 0 aromatic heterocycles. The van der Waals surface area contributed by atoms with Crippen molar-refractivity contribution in [1.82, 2.24) is 10.2 Å². The van der Waals surface area contributed by atoms with Gasteiger partial charge in [-0.15, -0.1) is 0 Å². The molecule has 0 radical (unpaired) electrons. The number of rotatable bonds is 6. The van der Waals surface area contributed by atoms with Crippen LogP contribution in [-0.4, -0.2) is 43.0 Å². The van der Waals surface area contributed by atoms with Gasteiger partial charge in [-0.1, -0.05) is 13.3 Å². The molecule has 0 aliphatic carbocycles. The molecule has 1 fully saturated rings. The Balaban J connectivity index is 2.46. The van der Waals surface area contributed by atoms with Crippen LogP contribution in [0.5, 0.6) is 0 Å². The second-order valence-corrected chi connectivity index (χ2v) is 5.43. The van der Waals surface area contributed by atoms with Crippen LogP contribution in [0.3, 0.4) is 0 Å². The molecule has 0 bridgehead atoms. The molecule has 0 spiro atoms. The summed E-state index contributed by atoms with van der Waals surface area (Å²) in [6.07, 6.45) is 1.19. The van der Waals surface area contributed by atoms with Gasteiger partial charge < -0.3 is 5.32 Å². The summed E-state index contributed by atoms with van der Waals surface area (Å²) in [6.45, 7) is 8.41. The summed E-state index contributed by atoms with van der Waals surface area (Å²) in [5, 5.41) is 3.00. The maximum Gasteiger partial charge on any atom is 0.250 e. The normalized spacial score (nSPS) is 27.0. The Morgan fingerprint density at radius 1 is 1.29 bits per heavy atom. The van der Waals surface area contributed by atoms with Crippen LogP contribution >= 0.6 is 0 Å². The van der Waals surface area contributed by atoms with Crippen molar-refractivity contribution in [3.05, 3.63) is 0 Å². The van der Waals surface area contributed by atoms with Gasteiger partial charge in [0.1, 0.15) is 0 Å². The van der Waals surface area contributed by atoms with Gasteiger partial charge in [0, 0.05) is 25.2 Å². The standard InChI is InChI=1S/C13H26F2N2/c1-4-5-11-6-12(16-7-13(14)15)9-17(8-11)10(2)3/h10-13,16H,4-9H2,1-3H3. The molecule has 2 unspecified atom stereocenters. The van der Waals surface area contributed by atoms with Gasteiger partial charge in [0.25, 0.3) is 6.43 Å². The molecule has 1 rings (SSSR count). The first-order valence-electron chi connectivity index (χ1n) is 6.78. The fourth-order valence-electron chi connectivity index (χ4n) is 2.68. The topological polar surface area (TPSA) is 15.3 Å². The van der Waals surface area contributed by atoms with E-state index in [0.717, 1.165) is 19.5 Å². The Bertz CT molecular complexity index is 210. The lowest BCUT2D eigenvalue weighted by atomic mass is 9.90. The number of hydrogen-bond donors (Lipinski definition) is 1. The highest BCUT2D eigenvalue weighted by atomic mass is 19.3. The highest BCUT2D eigenvalue weighted by Crippen LogP contribution is 2.22. The maximum absolute atomic E-state index is 12.2. The zero-order valence-corrected chi connectivity index (χ0v) is 11.3. The van der Waals surface area contributed by atoms with E-state index in [9.17, 15) is 8.78 Å². The number of piperidine rings is 1. The number of nitrogens with zero attached hydrogens (tertiary/aromatic N) is 1. The lowest BCUT2D eigenvalue weighted by molar-refractivity contribution is 0.0898. The van der Waals surface area contributed by atoms with Crippen molar-refractivity contribution in [2.45, 2.75) is 58.5 Å². The summed E-state index contributed by atoms with van der Waals surface area (Å²) in [4.78, 5) is 2.41. The predicted molar refractivity (Wildman–Crippen MR) is 67.5 cm³/mol. The first-order chi connectivity index (χ1) is 8.02. The van der Waals surface area contributed by atoms with Crippen LogP contribution in [0.15, 0.2) is 0 Å². The van der Waals surface area contributed by atoms with Gasteiger partial charge in [-0.3, -0.25) is 4.90 Å². The molecular formula is C13H26F2N2. The fourth-order valence-corrected chi connectivity index (χ4v) is 2.68. The average molecular weight is 248 g/mol. The minimum absolute atomic E-state index is 0.171. The largest absolute Gasteiger partial charge is 0.307 e. The Labute approximate surface area is 104 Å². The molecular weight excluding hydrogens is 222 g/mol. The average Bonchev–Trinajstić information content (AvgIpc) is 2.26. The summed E-state index contributed by atoms with van der Waals surface area (Å²) >= 11 is 0. The third-order valence-electron chi connectivity index (χ3n) is 3.55. The summed E-state index contributed by atoms with van der Waals surface area (Å²) in [5.41, 5.74) is 0. The molecule has 1 aliphatic rings. The summed E-state index contributed by atoms with van der Waals surface area (Å²) in [7, 11) is 0. The Kier molecular flexibility index (Phi) is 6.34. The lowest BCUT2D eigenvalue weighted by Gasteiger charge is -2.40. The molecule has 4 heteroatoms. The van der Waals surface area contributed by atoms with Crippen LogP contribution in [0.2, 0.25) is 0 Å². The Hall–Kier alpha value is -0.220. The number of likely N-dealkylation sites (tertiary alicyclic amines) is 1. The number of hydrogen-bond acceptors (Lipinski definition) is 2. The van der Waals surface area contributed by atoms with E-state index >= 15 is 0 Å². The van der Waals surface area contributed by atoms with Crippen LogP contribution in [0.25, 0.3) is 0 Å². The molecule has 1 heterocycles. The zero-order valence-electron chi connectivity index (χ0n) is 11.3. The number of halogens is 2. The van der Waals surface area contributed by atoms with E-state index in [1.807, 2.05) is 0 Å². The summed E-state index contributed by atoms with van der Waals surface area (Å²) < 4.78 is 24.4. The smallest absolute Gasteiger partial charge is 0.250 e. The second kappa shape index (κ2) is 7.27. The molecule has 102 valence electrons. The van der Waals surface area contributed by atoms with E-state index in [2.05, 4.69) is 31.0 Å². The van der Waals surface area contributed by atoms with Crippen LogP contribution in [0.4, 0.5) is 8.78 Å². The van der Waals surface area contributed by atoms with Crippen LogP contribution < -0.4 is 5.32 Å². The van der Waals surface area contributed by atoms with Crippen molar-refractivity contribution >= 4 is 0 Å². The molecule has 0 aromatic rings. The van der Waals surface area contributed by atoms with Gasteiger partial charge >= 0.3 is 0 Å². The maximum atomic E-state index is 12.2. The van der Waals surface area contributed by atoms with Gasteiger partial charge in [0.15, 0.2) is 0 Å². The molecule has 1 N–H and O–H groups in total. The molecule has 1 aliphatic heterocycles. The van der Waals surface area contributed by atoms with Crippen molar-refractivity contribution in [1.29, 1.82) is 0 Å². The monoisotopic (exact) mass is 248 g/mol. The molecule has 0 amide bonds. The van der Waals surface area contributed by atoms with Gasteiger partial charge in [-0.05, 0) is 32.6 Å². The quantitative estimate of drug-likeness (QED) is 0.777. The van der Waals surface area contributed by atoms with E-state index in [1.165, 1.54) is 12.8 Å². The zero-order chi connectivity index (χ0) is 12.8. The van der Waals surface area contributed by atoms with Gasteiger partial charge in [0.2, 0.25) is 0 Å². The van der Waals surface area contributed by atoms with E-state index in [-0.39, 0.29) is 12.6 Å². The number of nitrogens with one attached hydrogen (secondary N) is 1. The Morgan fingerprint density at radius 2 is 2.00 bits per heavy atom. The SMILES string of the molecule is CCCC1CC(NCC(F)F)CN(C(C)C)C1. The van der Waals surface area contributed by atoms with Crippen molar-refractivity contribution in [2.75, 3.05) is 19.6 Å². The van der Waals surface area contributed by atoms with E-state index in [0.29, 0.717) is 12.0 Å². The third kappa shape index (κ3) is 5.30. The number of alkyl halides is 2. The molecule has 2 atom stereocenters. The van der Waals surface area contributed by atoms with Gasteiger partial charge in [-0.25, -0.2) is 8.78 Å². The van der Waals surface area contributed by atoms with Crippen LogP contribution in [0.1, 0.15) is 40.0 Å². The van der Waals surface area contributed by atoms with Crippen molar-refractivity contribution < 1.29 is 8.78 Å². The van der Waals surface area contributed by atoms with E-state index < -0.39 is 6.43 Å². The van der Waals surface area contributed by atoms with Crippen molar-refractivity contribution in [2.24, 2.45) is 5.92 Å². The van der Waals surface area contributed by atoms with Crippen molar-refractivity contribution in [3.63, 3.8) is 0 Å². The fraction of sp³-hybridized carbons (Fsp3) is 1.00. The van der Waals surface area contributed by atoms with Crippen LogP contribution in [0, 0.1) is 5.92 Å². The molecule has 0 saturated carbocycles. The Morgan fingerprint density at radius 3 is 2.53 bits per heavy atom. The van der Waals surface area contributed by atoms with E-state index in [4.69, 9.17) is 0 Å². The second-order valence-electron chi connectivity index (χ2n) is 5.43. The molecule has 1 saturated heterocycles. The highest BCUT2D eigenvalue weighted by molar-refractivity contribution is 4.84. The third-order valence-corrected chi connectivity index (χ3v) is 3.55. The minimum atomic E-state index is -2.24. The van der Waals surface area contributed by atoms with Gasteiger partial charge in [0.05, 0.1) is 6.54 Å². The lowest BCUT2D eigenvalue weighted by Crippen LogP contribution is -2.52. The molecule has 0 aromatic carbocycles. The first-order valence-corrected chi connectivity index (χ1v) is 6.78. The molecule has 17 heavy (non-hydrogen) atoms. The predicted octanol–water partition coefficient (Wildman–Crippen LogP) is 2.74. The van der Waals surface area contributed by atoms with Gasteiger partial charge in [-0.2, -0.15) is 0 Å². The molecule has 2 nitrogen and oxygen atoms in total. The first kappa shape index (κ1) is 14.8. The summed E-state index contributed by atoms with van der Waals surface area (Å²) in [5.74, 6) is 0.659.